The minimum Gasteiger partial charge on any atom is -0.423 e. The maximum Gasteiger partial charge on any atom is 0.336 e. The Morgan fingerprint density at radius 2 is 1.59 bits per heavy atom. The van der Waals surface area contributed by atoms with Crippen molar-refractivity contribution in [3.8, 4) is 0 Å². The van der Waals surface area contributed by atoms with Gasteiger partial charge in [-0.15, -0.1) is 0 Å². The minimum atomic E-state index is -0.336. The average Bonchev–Trinajstić information content (AvgIpc) is 2.39. The van der Waals surface area contributed by atoms with Crippen LogP contribution in [0.1, 0.15) is 33.3 Å². The summed E-state index contributed by atoms with van der Waals surface area (Å²) < 4.78 is 4.99. The van der Waals surface area contributed by atoms with Gasteiger partial charge >= 0.3 is 5.63 Å². The SMILES string of the molecule is CC.CC.Cc1c(N)ccc2oc(=O)ccc12. The highest BCUT2D eigenvalue weighted by Gasteiger charge is 2.02. The van der Waals surface area contributed by atoms with Crippen LogP contribution >= 0.6 is 0 Å². The molecule has 0 aliphatic carbocycles. The molecular formula is C14H21NO2. The van der Waals surface area contributed by atoms with Crippen LogP contribution in [0.4, 0.5) is 5.69 Å². The molecule has 0 saturated heterocycles. The molecule has 0 aliphatic heterocycles. The van der Waals surface area contributed by atoms with E-state index in [1.54, 1.807) is 18.2 Å². The van der Waals surface area contributed by atoms with E-state index in [0.717, 1.165) is 10.9 Å². The van der Waals surface area contributed by atoms with Crippen LogP contribution in [0.25, 0.3) is 11.0 Å². The molecule has 3 nitrogen and oxygen atoms in total. The number of aryl methyl sites for hydroxylation is 1. The zero-order valence-electron chi connectivity index (χ0n) is 11.2. The third-order valence-electron chi connectivity index (χ3n) is 2.11. The molecule has 0 spiro atoms. The summed E-state index contributed by atoms with van der Waals surface area (Å²) in [4.78, 5) is 10.9. The van der Waals surface area contributed by atoms with Crippen molar-refractivity contribution in [3.05, 3.63) is 40.2 Å². The maximum atomic E-state index is 10.9. The summed E-state index contributed by atoms with van der Waals surface area (Å²) in [7, 11) is 0. The smallest absolute Gasteiger partial charge is 0.336 e. The molecule has 94 valence electrons. The molecule has 1 aromatic carbocycles. The van der Waals surface area contributed by atoms with Gasteiger partial charge in [0.2, 0.25) is 0 Å². The molecule has 0 fully saturated rings. The zero-order valence-corrected chi connectivity index (χ0v) is 11.2. The summed E-state index contributed by atoms with van der Waals surface area (Å²) in [5.74, 6) is 0. The van der Waals surface area contributed by atoms with Crippen LogP contribution in [0.3, 0.4) is 0 Å². The van der Waals surface area contributed by atoms with E-state index in [1.807, 2.05) is 34.6 Å². The van der Waals surface area contributed by atoms with Gasteiger partial charge in [0.05, 0.1) is 0 Å². The van der Waals surface area contributed by atoms with Crippen molar-refractivity contribution in [2.45, 2.75) is 34.6 Å². The fraction of sp³-hybridized carbons (Fsp3) is 0.357. The molecule has 1 heterocycles. The Hall–Kier alpha value is -1.77. The van der Waals surface area contributed by atoms with Crippen molar-refractivity contribution in [2.75, 3.05) is 5.73 Å². The maximum absolute atomic E-state index is 10.9. The van der Waals surface area contributed by atoms with Crippen molar-refractivity contribution < 1.29 is 4.42 Å². The molecule has 0 bridgehead atoms. The topological polar surface area (TPSA) is 56.2 Å². The molecule has 0 saturated carbocycles. The summed E-state index contributed by atoms with van der Waals surface area (Å²) in [5.41, 5.74) is 7.61. The first-order chi connectivity index (χ1) is 8.18. The van der Waals surface area contributed by atoms with Crippen LogP contribution in [-0.4, -0.2) is 0 Å². The van der Waals surface area contributed by atoms with Gasteiger partial charge in [-0.25, -0.2) is 4.79 Å². The first-order valence-corrected chi connectivity index (χ1v) is 5.97. The minimum absolute atomic E-state index is 0.336. The van der Waals surface area contributed by atoms with Crippen LogP contribution in [0, 0.1) is 6.92 Å². The highest BCUT2D eigenvalue weighted by Crippen LogP contribution is 2.21. The number of hydrogen-bond acceptors (Lipinski definition) is 3. The number of anilines is 1. The van der Waals surface area contributed by atoms with Crippen molar-refractivity contribution in [3.63, 3.8) is 0 Å². The third kappa shape index (κ3) is 3.63. The first kappa shape index (κ1) is 15.2. The lowest BCUT2D eigenvalue weighted by atomic mass is 10.1. The zero-order chi connectivity index (χ0) is 13.4. The molecule has 2 rings (SSSR count). The lowest BCUT2D eigenvalue weighted by Gasteiger charge is -2.02. The largest absolute Gasteiger partial charge is 0.423 e. The Labute approximate surface area is 102 Å². The van der Waals surface area contributed by atoms with Gasteiger partial charge in [-0.3, -0.25) is 0 Å². The number of nitrogens with two attached hydrogens (primary N) is 1. The van der Waals surface area contributed by atoms with Gasteiger partial charge in [0.15, 0.2) is 0 Å². The molecule has 2 aromatic rings. The Balaban J connectivity index is 0.000000581. The molecule has 17 heavy (non-hydrogen) atoms. The predicted octanol–water partition coefficient (Wildman–Crippen LogP) is 3.74. The summed E-state index contributed by atoms with van der Waals surface area (Å²) >= 11 is 0. The Morgan fingerprint density at radius 1 is 1.00 bits per heavy atom. The Bertz CT molecular complexity index is 515. The van der Waals surface area contributed by atoms with Crippen molar-refractivity contribution in [1.29, 1.82) is 0 Å². The number of rotatable bonds is 0. The van der Waals surface area contributed by atoms with E-state index >= 15 is 0 Å². The van der Waals surface area contributed by atoms with Gasteiger partial charge in [-0.05, 0) is 30.7 Å². The van der Waals surface area contributed by atoms with Crippen LogP contribution in [0.2, 0.25) is 0 Å². The second-order valence-electron chi connectivity index (χ2n) is 2.95. The highest BCUT2D eigenvalue weighted by molar-refractivity contribution is 5.84. The van der Waals surface area contributed by atoms with Crippen LogP contribution in [0.5, 0.6) is 0 Å². The molecule has 0 unspecified atom stereocenters. The number of hydrogen-bond donors (Lipinski definition) is 1. The van der Waals surface area contributed by atoms with Gasteiger partial charge in [0.25, 0.3) is 0 Å². The number of benzene rings is 1. The van der Waals surface area contributed by atoms with E-state index in [9.17, 15) is 4.79 Å². The van der Waals surface area contributed by atoms with Crippen molar-refractivity contribution in [1.82, 2.24) is 0 Å². The average molecular weight is 235 g/mol. The molecule has 1 aromatic heterocycles. The predicted molar refractivity (Wildman–Crippen MR) is 74.3 cm³/mol. The quantitative estimate of drug-likeness (QED) is 0.559. The van der Waals surface area contributed by atoms with Crippen LogP contribution < -0.4 is 11.4 Å². The van der Waals surface area contributed by atoms with Crippen molar-refractivity contribution in [2.24, 2.45) is 0 Å². The second-order valence-corrected chi connectivity index (χ2v) is 2.95. The number of fused-ring (bicyclic) bond motifs is 1. The summed E-state index contributed by atoms with van der Waals surface area (Å²) in [6, 6.07) is 6.57. The lowest BCUT2D eigenvalue weighted by Crippen LogP contribution is -1.96. The molecule has 0 aliphatic rings. The van der Waals surface area contributed by atoms with E-state index in [2.05, 4.69) is 0 Å². The van der Waals surface area contributed by atoms with E-state index in [4.69, 9.17) is 10.2 Å². The van der Waals surface area contributed by atoms with E-state index in [1.165, 1.54) is 6.07 Å². The fourth-order valence-electron chi connectivity index (χ4n) is 1.31. The van der Waals surface area contributed by atoms with E-state index in [0.29, 0.717) is 11.3 Å². The summed E-state index contributed by atoms with van der Waals surface area (Å²) in [6.07, 6.45) is 0. The van der Waals surface area contributed by atoms with Gasteiger partial charge < -0.3 is 10.2 Å². The molecule has 0 atom stereocenters. The van der Waals surface area contributed by atoms with Gasteiger partial charge in [0, 0.05) is 17.1 Å². The van der Waals surface area contributed by atoms with E-state index < -0.39 is 0 Å². The highest BCUT2D eigenvalue weighted by atomic mass is 16.4. The summed E-state index contributed by atoms with van der Waals surface area (Å²) in [6.45, 7) is 9.90. The third-order valence-corrected chi connectivity index (χ3v) is 2.11. The van der Waals surface area contributed by atoms with Gasteiger partial charge in [0.1, 0.15) is 5.58 Å². The molecule has 2 N–H and O–H groups in total. The Kier molecular flexibility index (Phi) is 6.71. The normalized spacial score (nSPS) is 8.76. The van der Waals surface area contributed by atoms with E-state index in [-0.39, 0.29) is 5.63 Å². The molecular weight excluding hydrogens is 214 g/mol. The Morgan fingerprint density at radius 3 is 2.18 bits per heavy atom. The molecule has 0 amide bonds. The van der Waals surface area contributed by atoms with Gasteiger partial charge in [-0.1, -0.05) is 27.7 Å². The standard InChI is InChI=1S/C10H9NO2.2C2H6/c1-6-7-2-5-10(12)13-9(7)4-3-8(6)11;2*1-2/h2-5H,11H2,1H3;2*1-2H3. The first-order valence-electron chi connectivity index (χ1n) is 5.97. The molecule has 3 heteroatoms. The lowest BCUT2D eigenvalue weighted by molar-refractivity contribution is 0.561. The van der Waals surface area contributed by atoms with Gasteiger partial charge in [-0.2, -0.15) is 0 Å². The summed E-state index contributed by atoms with van der Waals surface area (Å²) in [5, 5.41) is 0.889. The van der Waals surface area contributed by atoms with Crippen molar-refractivity contribution >= 4 is 16.7 Å². The monoisotopic (exact) mass is 235 g/mol. The fourth-order valence-corrected chi connectivity index (χ4v) is 1.31. The molecule has 0 radical (unpaired) electrons. The number of nitrogen functional groups attached to an aromatic ring is 1. The van der Waals surface area contributed by atoms with Crippen LogP contribution in [-0.2, 0) is 0 Å². The second kappa shape index (κ2) is 7.49. The van der Waals surface area contributed by atoms with Crippen LogP contribution in [0.15, 0.2) is 33.5 Å².